The Kier molecular flexibility index (Phi) is 8.07. The summed E-state index contributed by atoms with van der Waals surface area (Å²) in [6.07, 6.45) is 3.16. The van der Waals surface area contributed by atoms with E-state index in [4.69, 9.17) is 9.47 Å². The maximum atomic E-state index is 12.0. The minimum absolute atomic E-state index is 0.0257. The van der Waals surface area contributed by atoms with Crippen LogP contribution in [0.4, 0.5) is 0 Å². The Bertz CT molecular complexity index is 676. The summed E-state index contributed by atoms with van der Waals surface area (Å²) in [6.45, 7) is 9.96. The fourth-order valence-electron chi connectivity index (χ4n) is 1.87. The molecule has 0 aliphatic rings. The molecule has 6 heteroatoms. The minimum Gasteiger partial charge on any atom is -0.490 e. The molecule has 1 N–H and O–H groups in total. The summed E-state index contributed by atoms with van der Waals surface area (Å²) in [4.78, 5) is 12.0. The maximum Gasteiger partial charge on any atom is 0.262 e. The first kappa shape index (κ1) is 19.8. The van der Waals surface area contributed by atoms with Gasteiger partial charge in [-0.05, 0) is 60.5 Å². The van der Waals surface area contributed by atoms with Gasteiger partial charge in [0.2, 0.25) is 0 Å². The van der Waals surface area contributed by atoms with Gasteiger partial charge in [0.1, 0.15) is 18.2 Å². The molecule has 0 heterocycles. The summed E-state index contributed by atoms with van der Waals surface area (Å²) in [5.41, 5.74) is 0.685. The predicted octanol–water partition coefficient (Wildman–Crippen LogP) is 3.84. The van der Waals surface area contributed by atoms with E-state index < -0.39 is 5.91 Å². The molecule has 0 aromatic heterocycles. The van der Waals surface area contributed by atoms with Crippen LogP contribution in [0, 0.1) is 11.3 Å². The van der Waals surface area contributed by atoms with Crippen LogP contribution < -0.4 is 14.8 Å². The average molecular weight is 393 g/mol. The standard InChI is InChI=1S/C18H21BrN2O3/c1-5-7-24-17-15(19)9-13(10-16(17)23-6-2)8-14(11-20)18(22)21-12(3)4/h5,8-10,12H,1,6-7H2,2-4H3,(H,21,22). The lowest BCUT2D eigenvalue weighted by Crippen LogP contribution is -2.30. The molecule has 0 bridgehead atoms. The van der Waals surface area contributed by atoms with E-state index in [-0.39, 0.29) is 11.6 Å². The molecule has 128 valence electrons. The molecule has 1 rings (SSSR count). The van der Waals surface area contributed by atoms with Gasteiger partial charge in [-0.1, -0.05) is 12.7 Å². The molecule has 24 heavy (non-hydrogen) atoms. The Morgan fingerprint density at radius 2 is 2.17 bits per heavy atom. The molecule has 1 aromatic carbocycles. The Labute approximate surface area is 151 Å². The zero-order chi connectivity index (χ0) is 18.1. The SMILES string of the molecule is C=CCOc1c(Br)cc(C=C(C#N)C(=O)NC(C)C)cc1OCC. The van der Waals surface area contributed by atoms with Crippen molar-refractivity contribution >= 4 is 27.9 Å². The number of carbonyl (C=O) groups excluding carboxylic acids is 1. The molecule has 0 aliphatic carbocycles. The fourth-order valence-corrected chi connectivity index (χ4v) is 2.45. The van der Waals surface area contributed by atoms with Gasteiger partial charge >= 0.3 is 0 Å². The van der Waals surface area contributed by atoms with Gasteiger partial charge in [-0.25, -0.2) is 0 Å². The van der Waals surface area contributed by atoms with Crippen molar-refractivity contribution in [3.05, 3.63) is 40.4 Å². The van der Waals surface area contributed by atoms with Crippen LogP contribution in [-0.4, -0.2) is 25.2 Å². The largest absolute Gasteiger partial charge is 0.490 e. The van der Waals surface area contributed by atoms with E-state index in [1.807, 2.05) is 26.8 Å². The first-order chi connectivity index (χ1) is 11.4. The van der Waals surface area contributed by atoms with E-state index in [1.165, 1.54) is 6.08 Å². The Hall–Kier alpha value is -2.26. The molecule has 0 fully saturated rings. The highest BCUT2D eigenvalue weighted by Gasteiger charge is 2.14. The van der Waals surface area contributed by atoms with Gasteiger partial charge in [0.15, 0.2) is 11.5 Å². The molecule has 5 nitrogen and oxygen atoms in total. The smallest absolute Gasteiger partial charge is 0.262 e. The second-order valence-corrected chi connectivity index (χ2v) is 6.01. The summed E-state index contributed by atoms with van der Waals surface area (Å²) in [6, 6.07) is 5.37. The summed E-state index contributed by atoms with van der Waals surface area (Å²) in [5, 5.41) is 11.9. The van der Waals surface area contributed by atoms with Crippen LogP contribution in [0.5, 0.6) is 11.5 Å². The van der Waals surface area contributed by atoms with Crippen LogP contribution in [0.25, 0.3) is 6.08 Å². The molecular formula is C18H21BrN2O3. The predicted molar refractivity (Wildman–Crippen MR) is 97.9 cm³/mol. The molecule has 0 saturated carbocycles. The molecule has 0 spiro atoms. The number of halogens is 1. The number of nitriles is 1. The molecule has 1 aromatic rings. The molecule has 0 aliphatic heterocycles. The average Bonchev–Trinajstić information content (AvgIpc) is 2.51. The highest BCUT2D eigenvalue weighted by Crippen LogP contribution is 2.37. The van der Waals surface area contributed by atoms with Gasteiger partial charge in [0.25, 0.3) is 5.91 Å². The highest BCUT2D eigenvalue weighted by atomic mass is 79.9. The monoisotopic (exact) mass is 392 g/mol. The molecular weight excluding hydrogens is 372 g/mol. The molecule has 0 saturated heterocycles. The third kappa shape index (κ3) is 5.74. The van der Waals surface area contributed by atoms with Crippen molar-refractivity contribution in [2.24, 2.45) is 0 Å². The highest BCUT2D eigenvalue weighted by molar-refractivity contribution is 9.10. The fraction of sp³-hybridized carbons (Fsp3) is 0.333. The molecule has 1 amide bonds. The number of nitrogens with zero attached hydrogens (tertiary/aromatic N) is 1. The number of ether oxygens (including phenoxy) is 2. The second kappa shape index (κ2) is 9.78. The third-order valence-electron chi connectivity index (χ3n) is 2.77. The number of carbonyl (C=O) groups is 1. The first-order valence-electron chi connectivity index (χ1n) is 7.55. The normalized spacial score (nSPS) is 10.9. The van der Waals surface area contributed by atoms with Crippen LogP contribution in [0.2, 0.25) is 0 Å². The number of hydrogen-bond donors (Lipinski definition) is 1. The van der Waals surface area contributed by atoms with Crippen LogP contribution in [-0.2, 0) is 4.79 Å². The number of amides is 1. The van der Waals surface area contributed by atoms with E-state index in [2.05, 4.69) is 27.8 Å². The second-order valence-electron chi connectivity index (χ2n) is 5.16. The van der Waals surface area contributed by atoms with E-state index in [0.717, 1.165) is 0 Å². The van der Waals surface area contributed by atoms with Gasteiger partial charge in [0, 0.05) is 6.04 Å². The van der Waals surface area contributed by atoms with Gasteiger partial charge in [0.05, 0.1) is 11.1 Å². The van der Waals surface area contributed by atoms with E-state index in [0.29, 0.717) is 34.7 Å². The number of hydrogen-bond acceptors (Lipinski definition) is 4. The van der Waals surface area contributed by atoms with Gasteiger partial charge in [-0.3, -0.25) is 4.79 Å². The summed E-state index contributed by atoms with van der Waals surface area (Å²) < 4.78 is 11.9. The van der Waals surface area contributed by atoms with E-state index >= 15 is 0 Å². The molecule has 0 atom stereocenters. The Morgan fingerprint density at radius 3 is 2.71 bits per heavy atom. The third-order valence-corrected chi connectivity index (χ3v) is 3.36. The van der Waals surface area contributed by atoms with Crippen LogP contribution >= 0.6 is 15.9 Å². The number of rotatable bonds is 8. The lowest BCUT2D eigenvalue weighted by Gasteiger charge is -2.14. The summed E-state index contributed by atoms with van der Waals surface area (Å²) >= 11 is 3.44. The maximum absolute atomic E-state index is 12.0. The zero-order valence-corrected chi connectivity index (χ0v) is 15.6. The van der Waals surface area contributed by atoms with Crippen molar-refractivity contribution in [3.63, 3.8) is 0 Å². The zero-order valence-electron chi connectivity index (χ0n) is 14.1. The van der Waals surface area contributed by atoms with Crippen molar-refractivity contribution < 1.29 is 14.3 Å². The quantitative estimate of drug-likeness (QED) is 0.414. The van der Waals surface area contributed by atoms with Gasteiger partial charge in [-0.2, -0.15) is 5.26 Å². The van der Waals surface area contributed by atoms with Gasteiger partial charge < -0.3 is 14.8 Å². The topological polar surface area (TPSA) is 71.3 Å². The number of benzene rings is 1. The van der Waals surface area contributed by atoms with Crippen molar-refractivity contribution in [2.75, 3.05) is 13.2 Å². The summed E-state index contributed by atoms with van der Waals surface area (Å²) in [7, 11) is 0. The van der Waals surface area contributed by atoms with E-state index in [1.54, 1.807) is 18.2 Å². The van der Waals surface area contributed by atoms with Gasteiger partial charge in [-0.15, -0.1) is 0 Å². The van der Waals surface area contributed by atoms with E-state index in [9.17, 15) is 10.1 Å². The number of nitrogens with one attached hydrogen (secondary N) is 1. The van der Waals surface area contributed by atoms with Crippen molar-refractivity contribution in [3.8, 4) is 17.6 Å². The van der Waals surface area contributed by atoms with Crippen molar-refractivity contribution in [1.29, 1.82) is 5.26 Å². The molecule has 0 unspecified atom stereocenters. The lowest BCUT2D eigenvalue weighted by atomic mass is 10.1. The molecule has 0 radical (unpaired) electrons. The van der Waals surface area contributed by atoms with Crippen molar-refractivity contribution in [1.82, 2.24) is 5.32 Å². The van der Waals surface area contributed by atoms with Crippen LogP contribution in [0.1, 0.15) is 26.3 Å². The van der Waals surface area contributed by atoms with Crippen LogP contribution in [0.15, 0.2) is 34.8 Å². The Balaban J connectivity index is 3.24. The lowest BCUT2D eigenvalue weighted by molar-refractivity contribution is -0.117. The first-order valence-corrected chi connectivity index (χ1v) is 8.34. The van der Waals surface area contributed by atoms with Crippen molar-refractivity contribution in [2.45, 2.75) is 26.8 Å². The Morgan fingerprint density at radius 1 is 1.46 bits per heavy atom. The summed E-state index contributed by atoms with van der Waals surface area (Å²) in [5.74, 6) is 0.675. The minimum atomic E-state index is -0.409. The van der Waals surface area contributed by atoms with Crippen LogP contribution in [0.3, 0.4) is 0 Å².